The standard InChI is InChI=1S/C49H47N5O7/c55-42-29-38(28-40-31-54(53-52-40)41-14-8-3-9-15-41)47(57)51-45(27-35-16-21-37(22-17-35)36-12-6-2-7-13-36)48(58)50-44(25-20-33-10-4-1-5-11-33)46(56)30-39(49(59)60)26-34-18-23-43(24-19-34)61-32-42/h1-19,21-24,31,38-39,44-45H,20,25-30,32H2,(H,50,58)(H,51,57)(H,59,60)/t38-,39-,44+,45-/m1/s1. The van der Waals surface area contributed by atoms with Gasteiger partial charge in [-0.1, -0.05) is 120 Å². The van der Waals surface area contributed by atoms with Crippen molar-refractivity contribution in [1.29, 1.82) is 0 Å². The van der Waals surface area contributed by atoms with E-state index in [2.05, 4.69) is 20.9 Å². The zero-order valence-electron chi connectivity index (χ0n) is 33.6. The Morgan fingerprint density at radius 1 is 0.672 bits per heavy atom. The first-order valence-electron chi connectivity index (χ1n) is 20.4. The molecule has 0 spiro atoms. The Morgan fingerprint density at radius 3 is 2.00 bits per heavy atom. The third-order valence-electron chi connectivity index (χ3n) is 10.9. The number of carboxylic acid groups (broad SMARTS) is 1. The summed E-state index contributed by atoms with van der Waals surface area (Å²) in [6.45, 7) is -0.327. The van der Waals surface area contributed by atoms with Crippen molar-refractivity contribution in [1.82, 2.24) is 25.6 Å². The summed E-state index contributed by atoms with van der Waals surface area (Å²) in [6.07, 6.45) is 1.95. The molecule has 0 aliphatic carbocycles. The maximum absolute atomic E-state index is 14.5. The van der Waals surface area contributed by atoms with E-state index in [0.29, 0.717) is 23.4 Å². The number of nitrogens with one attached hydrogen (secondary N) is 2. The number of fused-ring (bicyclic) bond motifs is 16. The van der Waals surface area contributed by atoms with Crippen LogP contribution in [0.3, 0.4) is 0 Å². The first kappa shape index (κ1) is 41.9. The number of amides is 2. The lowest BCUT2D eigenvalue weighted by Crippen LogP contribution is -2.54. The number of nitrogens with zero attached hydrogens (tertiary/aromatic N) is 3. The average molecular weight is 818 g/mol. The zero-order valence-corrected chi connectivity index (χ0v) is 33.6. The molecule has 6 aromatic rings. The molecule has 12 nitrogen and oxygen atoms in total. The van der Waals surface area contributed by atoms with Crippen molar-refractivity contribution in [2.24, 2.45) is 11.8 Å². The molecule has 8 rings (SSSR count). The number of aryl methyl sites for hydroxylation is 1. The van der Waals surface area contributed by atoms with Crippen molar-refractivity contribution in [2.45, 2.75) is 57.0 Å². The van der Waals surface area contributed by atoms with Gasteiger partial charge < -0.3 is 20.5 Å². The van der Waals surface area contributed by atoms with Crippen LogP contribution in [0, 0.1) is 11.8 Å². The van der Waals surface area contributed by atoms with Gasteiger partial charge in [-0.15, -0.1) is 5.10 Å². The number of benzene rings is 5. The fraction of sp³-hybridized carbons (Fsp3) is 0.245. The predicted octanol–water partition coefficient (Wildman–Crippen LogP) is 6.19. The van der Waals surface area contributed by atoms with Crippen LogP contribution in [0.4, 0.5) is 0 Å². The molecule has 0 saturated carbocycles. The first-order chi connectivity index (χ1) is 29.7. The lowest BCUT2D eigenvalue weighted by atomic mass is 9.90. The minimum absolute atomic E-state index is 0.0357. The van der Waals surface area contributed by atoms with Crippen LogP contribution in [0.15, 0.2) is 146 Å². The highest BCUT2D eigenvalue weighted by Gasteiger charge is 2.33. The molecule has 2 aliphatic heterocycles. The van der Waals surface area contributed by atoms with E-state index in [4.69, 9.17) is 4.74 Å². The van der Waals surface area contributed by atoms with Gasteiger partial charge in [-0.3, -0.25) is 24.0 Å². The minimum atomic E-state index is -1.18. The van der Waals surface area contributed by atoms with Gasteiger partial charge in [0.15, 0.2) is 11.6 Å². The van der Waals surface area contributed by atoms with Crippen LogP contribution < -0.4 is 15.4 Å². The fourth-order valence-electron chi connectivity index (χ4n) is 7.48. The highest BCUT2D eigenvalue weighted by atomic mass is 16.5. The Morgan fingerprint density at radius 2 is 1.31 bits per heavy atom. The van der Waals surface area contributed by atoms with E-state index in [1.165, 1.54) is 0 Å². The number of rotatable bonds is 10. The van der Waals surface area contributed by atoms with Gasteiger partial charge in [0.2, 0.25) is 11.8 Å². The minimum Gasteiger partial charge on any atom is -0.486 e. The van der Waals surface area contributed by atoms with E-state index in [0.717, 1.165) is 27.9 Å². The second-order valence-corrected chi connectivity index (χ2v) is 15.4. The molecule has 12 heteroatoms. The normalized spacial score (nSPS) is 19.1. The molecule has 0 fully saturated rings. The topological polar surface area (TPSA) is 170 Å². The second-order valence-electron chi connectivity index (χ2n) is 15.4. The molecule has 310 valence electrons. The van der Waals surface area contributed by atoms with Crippen molar-refractivity contribution in [3.8, 4) is 22.6 Å². The molecule has 2 bridgehead atoms. The predicted molar refractivity (Wildman–Crippen MR) is 229 cm³/mol. The summed E-state index contributed by atoms with van der Waals surface area (Å²) in [5, 5.41) is 24.6. The largest absolute Gasteiger partial charge is 0.486 e. The van der Waals surface area contributed by atoms with E-state index in [-0.39, 0.29) is 50.9 Å². The Balaban J connectivity index is 1.21. The summed E-state index contributed by atoms with van der Waals surface area (Å²) in [5.74, 6) is -4.76. The summed E-state index contributed by atoms with van der Waals surface area (Å²) in [5.41, 5.74) is 5.57. The molecule has 0 unspecified atom stereocenters. The number of aromatic nitrogens is 3. The number of carboxylic acids is 1. The molecular formula is C49H47N5O7. The Bertz CT molecular complexity index is 2420. The van der Waals surface area contributed by atoms with E-state index in [1.807, 2.05) is 115 Å². The Hall–Kier alpha value is -7.21. The Labute approximate surface area is 354 Å². The number of carbonyl (C=O) groups excluding carboxylic acids is 4. The van der Waals surface area contributed by atoms with Crippen LogP contribution in [0.25, 0.3) is 16.8 Å². The first-order valence-corrected chi connectivity index (χ1v) is 20.4. The fourth-order valence-corrected chi connectivity index (χ4v) is 7.48. The van der Waals surface area contributed by atoms with Crippen molar-refractivity contribution < 1.29 is 33.8 Å². The van der Waals surface area contributed by atoms with Gasteiger partial charge in [0.05, 0.1) is 35.5 Å². The number of ether oxygens (including phenoxy) is 1. The highest BCUT2D eigenvalue weighted by Crippen LogP contribution is 2.23. The third kappa shape index (κ3) is 11.7. The van der Waals surface area contributed by atoms with E-state index < -0.39 is 47.5 Å². The molecule has 3 N–H and O–H groups in total. The van der Waals surface area contributed by atoms with Gasteiger partial charge in [-0.25, -0.2) is 4.68 Å². The summed E-state index contributed by atoms with van der Waals surface area (Å²) >= 11 is 0. The van der Waals surface area contributed by atoms with Crippen LogP contribution in [0.2, 0.25) is 0 Å². The summed E-state index contributed by atoms with van der Waals surface area (Å²) < 4.78 is 7.40. The van der Waals surface area contributed by atoms with E-state index >= 15 is 0 Å². The number of hydrogen-bond acceptors (Lipinski definition) is 8. The van der Waals surface area contributed by atoms with Gasteiger partial charge in [-0.2, -0.15) is 0 Å². The molecule has 2 amide bonds. The van der Waals surface area contributed by atoms with Crippen molar-refractivity contribution in [3.05, 3.63) is 168 Å². The Kier molecular flexibility index (Phi) is 13.9. The number of para-hydroxylation sites is 1. The summed E-state index contributed by atoms with van der Waals surface area (Å²) in [6, 6.07) is 40.8. The van der Waals surface area contributed by atoms with Crippen molar-refractivity contribution >= 4 is 29.4 Å². The van der Waals surface area contributed by atoms with Crippen LogP contribution >= 0.6 is 0 Å². The molecule has 4 atom stereocenters. The number of carbonyl (C=O) groups is 5. The number of ketones is 2. The molecule has 3 heterocycles. The van der Waals surface area contributed by atoms with Gasteiger partial charge in [0.25, 0.3) is 0 Å². The van der Waals surface area contributed by atoms with Crippen molar-refractivity contribution in [3.63, 3.8) is 0 Å². The summed E-state index contributed by atoms with van der Waals surface area (Å²) in [4.78, 5) is 69.2. The van der Waals surface area contributed by atoms with E-state index in [9.17, 15) is 29.1 Å². The lowest BCUT2D eigenvalue weighted by Gasteiger charge is -2.25. The van der Waals surface area contributed by atoms with Crippen molar-refractivity contribution in [2.75, 3.05) is 6.61 Å². The molecule has 0 radical (unpaired) electrons. The molecule has 61 heavy (non-hydrogen) atoms. The number of aliphatic carboxylic acids is 1. The van der Waals surface area contributed by atoms with Gasteiger partial charge in [-0.05, 0) is 71.3 Å². The van der Waals surface area contributed by atoms with Crippen LogP contribution in [0.1, 0.15) is 41.6 Å². The second kappa shape index (κ2) is 20.2. The zero-order chi connectivity index (χ0) is 42.6. The monoisotopic (exact) mass is 817 g/mol. The van der Waals surface area contributed by atoms with E-state index in [1.54, 1.807) is 35.1 Å². The number of hydrogen-bond donors (Lipinski definition) is 3. The molecule has 1 aromatic heterocycles. The quantitative estimate of drug-likeness (QED) is 0.146. The van der Waals surface area contributed by atoms with Crippen LogP contribution in [-0.2, 0) is 49.7 Å². The average Bonchev–Trinajstić information content (AvgIpc) is 3.76. The molecule has 2 aliphatic rings. The maximum Gasteiger partial charge on any atom is 0.307 e. The molecule has 5 aromatic carbocycles. The van der Waals surface area contributed by atoms with Gasteiger partial charge in [0.1, 0.15) is 18.4 Å². The summed E-state index contributed by atoms with van der Waals surface area (Å²) in [7, 11) is 0. The maximum atomic E-state index is 14.5. The van der Waals surface area contributed by atoms with Crippen LogP contribution in [0.5, 0.6) is 5.75 Å². The molecular weight excluding hydrogens is 771 g/mol. The SMILES string of the molecule is O=C1COc2ccc(cc2)C[C@@H](C(=O)O)CC(=O)[C@H](CCc2ccccc2)NC(=O)[C@@H](Cc2ccc(-c3ccccc3)cc2)NC(=O)[C@H](Cc2cn(-c3ccccc3)nn2)C1. The van der Waals surface area contributed by atoms with Crippen LogP contribution in [-0.4, -0.2) is 68.1 Å². The molecule has 0 saturated heterocycles. The number of Topliss-reactive ketones (excluding diaryl/α,β-unsaturated/α-hetero) is 2. The van der Waals surface area contributed by atoms with Gasteiger partial charge in [0, 0.05) is 25.7 Å². The third-order valence-corrected chi connectivity index (χ3v) is 10.9. The van der Waals surface area contributed by atoms with Gasteiger partial charge >= 0.3 is 5.97 Å². The smallest absolute Gasteiger partial charge is 0.307 e. The lowest BCUT2D eigenvalue weighted by molar-refractivity contribution is -0.144. The highest BCUT2D eigenvalue weighted by molar-refractivity contribution is 5.95.